The van der Waals surface area contributed by atoms with Gasteiger partial charge in [-0.3, -0.25) is 4.79 Å². The Balaban J connectivity index is 1.99. The SMILES string of the molecule is O=C(c1sc(-c2ccccc2)nc1C(F)(F)F)N(CCO)Cc1ccccc1. The molecule has 0 aliphatic rings. The highest BCUT2D eigenvalue weighted by Gasteiger charge is 2.40. The predicted molar refractivity (Wildman–Crippen MR) is 101 cm³/mol. The molecule has 0 unspecified atom stereocenters. The van der Waals surface area contributed by atoms with Gasteiger partial charge < -0.3 is 10.0 Å². The number of halogens is 3. The maximum atomic E-state index is 13.5. The van der Waals surface area contributed by atoms with Gasteiger partial charge in [-0.05, 0) is 5.56 Å². The molecule has 0 radical (unpaired) electrons. The smallest absolute Gasteiger partial charge is 0.395 e. The molecule has 3 aromatic rings. The van der Waals surface area contributed by atoms with Gasteiger partial charge in [0.1, 0.15) is 9.88 Å². The number of carbonyl (C=O) groups excluding carboxylic acids is 1. The zero-order valence-electron chi connectivity index (χ0n) is 14.7. The fourth-order valence-corrected chi connectivity index (χ4v) is 3.74. The third-order valence-corrected chi connectivity index (χ3v) is 5.08. The average molecular weight is 406 g/mol. The van der Waals surface area contributed by atoms with Crippen LogP contribution >= 0.6 is 11.3 Å². The van der Waals surface area contributed by atoms with Crippen molar-refractivity contribution in [3.05, 3.63) is 76.8 Å². The normalized spacial score (nSPS) is 11.4. The van der Waals surface area contributed by atoms with E-state index < -0.39 is 22.7 Å². The third kappa shape index (κ3) is 4.58. The van der Waals surface area contributed by atoms with Crippen LogP contribution < -0.4 is 0 Å². The molecule has 1 N–H and O–H groups in total. The van der Waals surface area contributed by atoms with Crippen molar-refractivity contribution in [2.24, 2.45) is 0 Å². The molecule has 0 atom stereocenters. The second-order valence-electron chi connectivity index (χ2n) is 6.00. The monoisotopic (exact) mass is 406 g/mol. The Morgan fingerprint density at radius 1 is 1.04 bits per heavy atom. The number of nitrogens with zero attached hydrogens (tertiary/aromatic N) is 2. The molecule has 146 valence electrons. The van der Waals surface area contributed by atoms with Crippen molar-refractivity contribution in [2.75, 3.05) is 13.2 Å². The van der Waals surface area contributed by atoms with Crippen LogP contribution in [0.2, 0.25) is 0 Å². The molecule has 1 heterocycles. The number of carbonyl (C=O) groups is 1. The number of aromatic nitrogens is 1. The van der Waals surface area contributed by atoms with Crippen molar-refractivity contribution in [3.8, 4) is 10.6 Å². The molecule has 1 aromatic heterocycles. The minimum Gasteiger partial charge on any atom is -0.395 e. The van der Waals surface area contributed by atoms with Crippen LogP contribution in [0.25, 0.3) is 10.6 Å². The molecule has 0 saturated carbocycles. The Kier molecular flexibility index (Phi) is 6.11. The van der Waals surface area contributed by atoms with Crippen LogP contribution in [0.1, 0.15) is 20.9 Å². The Labute approximate surface area is 163 Å². The molecule has 0 bridgehead atoms. The van der Waals surface area contributed by atoms with E-state index in [4.69, 9.17) is 0 Å². The Morgan fingerprint density at radius 3 is 2.21 bits per heavy atom. The van der Waals surface area contributed by atoms with E-state index in [0.717, 1.165) is 5.56 Å². The predicted octanol–water partition coefficient (Wildman–Crippen LogP) is 4.46. The summed E-state index contributed by atoms with van der Waals surface area (Å²) in [5, 5.41) is 9.42. The van der Waals surface area contributed by atoms with E-state index in [9.17, 15) is 23.1 Å². The maximum absolute atomic E-state index is 13.5. The summed E-state index contributed by atoms with van der Waals surface area (Å²) in [4.78, 5) is 17.4. The first kappa shape index (κ1) is 20.0. The summed E-state index contributed by atoms with van der Waals surface area (Å²) in [7, 11) is 0. The van der Waals surface area contributed by atoms with Crippen molar-refractivity contribution in [2.45, 2.75) is 12.7 Å². The van der Waals surface area contributed by atoms with Crippen molar-refractivity contribution < 1.29 is 23.1 Å². The number of rotatable bonds is 6. The van der Waals surface area contributed by atoms with Crippen LogP contribution in [0, 0.1) is 0 Å². The maximum Gasteiger partial charge on any atom is 0.435 e. The number of aliphatic hydroxyl groups excluding tert-OH is 1. The van der Waals surface area contributed by atoms with Gasteiger partial charge in [-0.1, -0.05) is 60.7 Å². The van der Waals surface area contributed by atoms with E-state index in [1.165, 1.54) is 4.90 Å². The number of alkyl halides is 3. The van der Waals surface area contributed by atoms with Crippen LogP contribution in [-0.4, -0.2) is 34.0 Å². The first-order valence-corrected chi connectivity index (χ1v) is 9.29. The summed E-state index contributed by atoms with van der Waals surface area (Å²) in [5.74, 6) is -0.801. The lowest BCUT2D eigenvalue weighted by Gasteiger charge is -2.22. The summed E-state index contributed by atoms with van der Waals surface area (Å²) in [6, 6.07) is 17.3. The lowest BCUT2D eigenvalue weighted by molar-refractivity contribution is -0.141. The van der Waals surface area contributed by atoms with Crippen LogP contribution in [0.15, 0.2) is 60.7 Å². The lowest BCUT2D eigenvalue weighted by atomic mass is 10.2. The third-order valence-electron chi connectivity index (χ3n) is 3.98. The van der Waals surface area contributed by atoms with Crippen molar-refractivity contribution >= 4 is 17.2 Å². The Hall–Kier alpha value is -2.71. The molecular formula is C20H17F3N2O2S. The minimum absolute atomic E-state index is 0.0798. The van der Waals surface area contributed by atoms with Crippen molar-refractivity contribution in [1.82, 2.24) is 9.88 Å². The molecule has 0 aliphatic carbocycles. The summed E-state index contributed by atoms with van der Waals surface area (Å²) >= 11 is 0.708. The first-order valence-electron chi connectivity index (χ1n) is 8.47. The molecular weight excluding hydrogens is 389 g/mol. The van der Waals surface area contributed by atoms with Gasteiger partial charge in [0.15, 0.2) is 5.69 Å². The van der Waals surface area contributed by atoms with Gasteiger partial charge in [-0.15, -0.1) is 11.3 Å². The second-order valence-corrected chi connectivity index (χ2v) is 7.00. The van der Waals surface area contributed by atoms with Gasteiger partial charge in [0.2, 0.25) is 0 Å². The Morgan fingerprint density at radius 2 is 1.64 bits per heavy atom. The highest BCUT2D eigenvalue weighted by molar-refractivity contribution is 7.17. The van der Waals surface area contributed by atoms with Crippen LogP contribution in [0.3, 0.4) is 0 Å². The molecule has 3 rings (SSSR count). The molecule has 0 aliphatic heterocycles. The van der Waals surface area contributed by atoms with Gasteiger partial charge in [0.25, 0.3) is 5.91 Å². The van der Waals surface area contributed by atoms with Gasteiger partial charge in [-0.25, -0.2) is 4.98 Å². The van der Waals surface area contributed by atoms with Gasteiger partial charge in [-0.2, -0.15) is 13.2 Å². The molecule has 2 aromatic carbocycles. The second kappa shape index (κ2) is 8.53. The number of benzene rings is 2. The number of hydrogen-bond acceptors (Lipinski definition) is 4. The number of amides is 1. The standard InChI is InChI=1S/C20H17F3N2O2S/c21-20(22,23)17-16(28-18(24-17)15-9-5-2-6-10-15)19(27)25(11-12-26)13-14-7-3-1-4-8-14/h1-10,26H,11-13H2. The number of aliphatic hydroxyl groups is 1. The van der Waals surface area contributed by atoms with E-state index in [0.29, 0.717) is 16.9 Å². The fourth-order valence-electron chi connectivity index (χ4n) is 2.68. The molecule has 8 heteroatoms. The summed E-state index contributed by atoms with van der Waals surface area (Å²) < 4.78 is 40.6. The van der Waals surface area contributed by atoms with E-state index in [1.54, 1.807) is 60.7 Å². The lowest BCUT2D eigenvalue weighted by Crippen LogP contribution is -2.33. The number of thiazole rings is 1. The van der Waals surface area contributed by atoms with Crippen LogP contribution in [0.5, 0.6) is 0 Å². The zero-order chi connectivity index (χ0) is 20.1. The first-order chi connectivity index (χ1) is 13.4. The van der Waals surface area contributed by atoms with Crippen LogP contribution in [0.4, 0.5) is 13.2 Å². The minimum atomic E-state index is -4.76. The van der Waals surface area contributed by atoms with Gasteiger partial charge in [0.05, 0.1) is 6.61 Å². The van der Waals surface area contributed by atoms with Crippen LogP contribution in [-0.2, 0) is 12.7 Å². The summed E-state index contributed by atoms with van der Waals surface area (Å²) in [6.45, 7) is -0.343. The summed E-state index contributed by atoms with van der Waals surface area (Å²) in [6.07, 6.45) is -4.76. The van der Waals surface area contributed by atoms with E-state index >= 15 is 0 Å². The molecule has 0 fully saturated rings. The highest BCUT2D eigenvalue weighted by atomic mass is 32.1. The Bertz CT molecular complexity index is 928. The van der Waals surface area contributed by atoms with Crippen molar-refractivity contribution in [1.29, 1.82) is 0 Å². The average Bonchev–Trinajstić information content (AvgIpc) is 3.15. The molecule has 28 heavy (non-hydrogen) atoms. The van der Waals surface area contributed by atoms with Gasteiger partial charge in [0, 0.05) is 18.7 Å². The van der Waals surface area contributed by atoms with E-state index in [1.807, 2.05) is 0 Å². The largest absolute Gasteiger partial charge is 0.435 e. The highest BCUT2D eigenvalue weighted by Crippen LogP contribution is 2.38. The fraction of sp³-hybridized carbons (Fsp3) is 0.200. The topological polar surface area (TPSA) is 53.4 Å². The molecule has 0 spiro atoms. The number of hydrogen-bond donors (Lipinski definition) is 1. The quantitative estimate of drug-likeness (QED) is 0.658. The molecule has 4 nitrogen and oxygen atoms in total. The summed E-state index contributed by atoms with van der Waals surface area (Å²) in [5.41, 5.74) is 0.0665. The molecule has 1 amide bonds. The zero-order valence-corrected chi connectivity index (χ0v) is 15.5. The van der Waals surface area contributed by atoms with E-state index in [2.05, 4.69) is 4.98 Å². The van der Waals surface area contributed by atoms with E-state index in [-0.39, 0.29) is 24.7 Å². The molecule has 0 saturated heterocycles. The van der Waals surface area contributed by atoms with Crippen molar-refractivity contribution in [3.63, 3.8) is 0 Å². The van der Waals surface area contributed by atoms with Gasteiger partial charge >= 0.3 is 6.18 Å².